The molecule has 2 aromatic heterocycles. The largest absolute Gasteiger partial charge is 0.358 e. The first-order chi connectivity index (χ1) is 11.5. The molecule has 4 rings (SSSR count). The van der Waals surface area contributed by atoms with E-state index in [1.54, 1.807) is 24.5 Å². The molecule has 1 aliphatic rings. The number of benzene rings is 1. The predicted molar refractivity (Wildman–Crippen MR) is 92.1 cm³/mol. The molecule has 124 valence electrons. The smallest absolute Gasteiger partial charge is 0.302 e. The standard InChI is InChI=1S/C14H11Cl2N5O2S/c15-10-3-8-5-21(6-9-1-2-17-7-19-9)24(22,23)20-13(8)14-12(10)11(16)4-18-14/h1-4,7,18,20H,5-6H2. The van der Waals surface area contributed by atoms with Gasteiger partial charge in [-0.05, 0) is 17.7 Å². The molecule has 0 saturated carbocycles. The summed E-state index contributed by atoms with van der Waals surface area (Å²) in [7, 11) is -3.71. The highest BCUT2D eigenvalue weighted by Crippen LogP contribution is 2.40. The average molecular weight is 384 g/mol. The summed E-state index contributed by atoms with van der Waals surface area (Å²) in [6, 6.07) is 3.40. The van der Waals surface area contributed by atoms with Crippen LogP contribution in [-0.4, -0.2) is 27.7 Å². The fourth-order valence-electron chi connectivity index (χ4n) is 2.73. The second-order valence-electron chi connectivity index (χ2n) is 5.36. The summed E-state index contributed by atoms with van der Waals surface area (Å²) in [5.74, 6) is 0. The second kappa shape index (κ2) is 5.59. The van der Waals surface area contributed by atoms with Crippen molar-refractivity contribution >= 4 is 50.0 Å². The van der Waals surface area contributed by atoms with Gasteiger partial charge in [0.15, 0.2) is 0 Å². The molecule has 24 heavy (non-hydrogen) atoms. The maximum Gasteiger partial charge on any atom is 0.302 e. The first-order valence-electron chi connectivity index (χ1n) is 6.96. The molecule has 1 aliphatic heterocycles. The summed E-state index contributed by atoms with van der Waals surface area (Å²) < 4.78 is 29.0. The molecule has 0 spiro atoms. The Morgan fingerprint density at radius 3 is 2.88 bits per heavy atom. The van der Waals surface area contributed by atoms with Crippen molar-refractivity contribution < 1.29 is 8.42 Å². The number of nitrogens with zero attached hydrogens (tertiary/aromatic N) is 3. The van der Waals surface area contributed by atoms with Crippen LogP contribution in [0.3, 0.4) is 0 Å². The van der Waals surface area contributed by atoms with Gasteiger partial charge in [-0.2, -0.15) is 12.7 Å². The zero-order valence-electron chi connectivity index (χ0n) is 12.1. The minimum Gasteiger partial charge on any atom is -0.358 e. The molecule has 0 saturated heterocycles. The van der Waals surface area contributed by atoms with E-state index in [2.05, 4.69) is 19.7 Å². The van der Waals surface area contributed by atoms with Crippen molar-refractivity contribution in [3.63, 3.8) is 0 Å². The number of H-pyrrole nitrogens is 1. The molecule has 0 fully saturated rings. The van der Waals surface area contributed by atoms with E-state index in [9.17, 15) is 8.42 Å². The third-order valence-electron chi connectivity index (χ3n) is 3.84. The number of aromatic amines is 1. The summed E-state index contributed by atoms with van der Waals surface area (Å²) in [6.45, 7) is 0.319. The van der Waals surface area contributed by atoms with Gasteiger partial charge in [0.1, 0.15) is 6.33 Å². The van der Waals surface area contributed by atoms with Crippen LogP contribution in [0, 0.1) is 0 Å². The molecule has 0 amide bonds. The third-order valence-corrected chi connectivity index (χ3v) is 5.84. The summed E-state index contributed by atoms with van der Waals surface area (Å²) >= 11 is 12.4. The van der Waals surface area contributed by atoms with Crippen LogP contribution < -0.4 is 4.72 Å². The summed E-state index contributed by atoms with van der Waals surface area (Å²) in [6.07, 6.45) is 4.54. The summed E-state index contributed by atoms with van der Waals surface area (Å²) in [5.41, 5.74) is 2.41. The lowest BCUT2D eigenvalue weighted by Crippen LogP contribution is -2.39. The SMILES string of the molecule is O=S1(=O)Nc2c(cc(Cl)c3c(Cl)c[nH]c23)CN1Cc1ccncn1. The number of rotatable bonds is 2. The van der Waals surface area contributed by atoms with Crippen LogP contribution in [0.15, 0.2) is 30.9 Å². The molecular weight excluding hydrogens is 373 g/mol. The van der Waals surface area contributed by atoms with E-state index in [1.807, 2.05) is 0 Å². The van der Waals surface area contributed by atoms with Gasteiger partial charge in [-0.25, -0.2) is 9.97 Å². The maximum absolute atomic E-state index is 12.6. The van der Waals surface area contributed by atoms with Crippen LogP contribution in [0.25, 0.3) is 10.9 Å². The highest BCUT2D eigenvalue weighted by atomic mass is 35.5. The van der Waals surface area contributed by atoms with Crippen LogP contribution in [0.2, 0.25) is 10.0 Å². The van der Waals surface area contributed by atoms with Gasteiger partial charge in [0.05, 0.1) is 33.5 Å². The summed E-state index contributed by atoms with van der Waals surface area (Å²) in [5, 5.41) is 1.52. The lowest BCUT2D eigenvalue weighted by molar-refractivity contribution is 0.396. The highest BCUT2D eigenvalue weighted by Gasteiger charge is 2.32. The topological polar surface area (TPSA) is 91.0 Å². The van der Waals surface area contributed by atoms with E-state index in [-0.39, 0.29) is 13.1 Å². The molecule has 3 aromatic rings. The van der Waals surface area contributed by atoms with Crippen molar-refractivity contribution in [2.45, 2.75) is 13.1 Å². The number of hydrogen-bond acceptors (Lipinski definition) is 4. The lowest BCUT2D eigenvalue weighted by Gasteiger charge is -2.29. The van der Waals surface area contributed by atoms with Gasteiger partial charge in [0.2, 0.25) is 0 Å². The van der Waals surface area contributed by atoms with Gasteiger partial charge in [-0.1, -0.05) is 23.2 Å². The monoisotopic (exact) mass is 383 g/mol. The van der Waals surface area contributed by atoms with E-state index in [1.165, 1.54) is 10.6 Å². The first kappa shape index (κ1) is 15.6. The van der Waals surface area contributed by atoms with Crippen LogP contribution >= 0.6 is 23.2 Å². The summed E-state index contributed by atoms with van der Waals surface area (Å²) in [4.78, 5) is 10.9. The Kier molecular flexibility index (Phi) is 3.65. The van der Waals surface area contributed by atoms with E-state index in [0.29, 0.717) is 32.3 Å². The van der Waals surface area contributed by atoms with E-state index < -0.39 is 10.2 Å². The molecule has 0 aliphatic carbocycles. The van der Waals surface area contributed by atoms with Crippen LogP contribution in [0.4, 0.5) is 5.69 Å². The fraction of sp³-hybridized carbons (Fsp3) is 0.143. The fourth-order valence-corrected chi connectivity index (χ4v) is 4.59. The average Bonchev–Trinajstić information content (AvgIpc) is 2.93. The number of halogens is 2. The van der Waals surface area contributed by atoms with E-state index >= 15 is 0 Å². The number of hydrogen-bond donors (Lipinski definition) is 2. The number of nitrogens with one attached hydrogen (secondary N) is 2. The Bertz CT molecular complexity index is 1040. The lowest BCUT2D eigenvalue weighted by atomic mass is 10.1. The molecule has 0 radical (unpaired) electrons. The van der Waals surface area contributed by atoms with Crippen molar-refractivity contribution in [1.29, 1.82) is 0 Å². The predicted octanol–water partition coefficient (Wildman–Crippen LogP) is 2.94. The molecule has 3 heterocycles. The van der Waals surface area contributed by atoms with Gasteiger partial charge in [0.25, 0.3) is 0 Å². The number of fused-ring (bicyclic) bond motifs is 3. The quantitative estimate of drug-likeness (QED) is 0.711. The highest BCUT2D eigenvalue weighted by molar-refractivity contribution is 7.90. The van der Waals surface area contributed by atoms with E-state index in [4.69, 9.17) is 23.2 Å². The van der Waals surface area contributed by atoms with Gasteiger partial charge >= 0.3 is 10.2 Å². The third kappa shape index (κ3) is 2.51. The molecule has 1 aromatic carbocycles. The maximum atomic E-state index is 12.6. The minimum atomic E-state index is -3.71. The van der Waals surface area contributed by atoms with Crippen LogP contribution in [-0.2, 0) is 23.3 Å². The van der Waals surface area contributed by atoms with Gasteiger partial charge in [-0.3, -0.25) is 4.72 Å². The molecular formula is C14H11Cl2N5O2S. The Balaban J connectivity index is 1.79. The number of aromatic nitrogens is 3. The van der Waals surface area contributed by atoms with E-state index in [0.717, 1.165) is 5.56 Å². The Labute approximate surface area is 147 Å². The van der Waals surface area contributed by atoms with Crippen LogP contribution in [0.1, 0.15) is 11.3 Å². The first-order valence-corrected chi connectivity index (χ1v) is 9.16. The van der Waals surface area contributed by atoms with Crippen molar-refractivity contribution in [1.82, 2.24) is 19.3 Å². The van der Waals surface area contributed by atoms with Crippen LogP contribution in [0.5, 0.6) is 0 Å². The molecule has 7 nitrogen and oxygen atoms in total. The van der Waals surface area contributed by atoms with Crippen molar-refractivity contribution in [2.24, 2.45) is 0 Å². The molecule has 0 atom stereocenters. The molecule has 0 bridgehead atoms. The molecule has 10 heteroatoms. The van der Waals surface area contributed by atoms with Crippen molar-refractivity contribution in [2.75, 3.05) is 4.72 Å². The minimum absolute atomic E-state index is 0.137. The Hall–Kier alpha value is -1.87. The van der Waals surface area contributed by atoms with Crippen molar-refractivity contribution in [3.8, 4) is 0 Å². The Morgan fingerprint density at radius 1 is 1.29 bits per heavy atom. The van der Waals surface area contributed by atoms with Gasteiger partial charge < -0.3 is 4.98 Å². The zero-order valence-corrected chi connectivity index (χ0v) is 14.5. The molecule has 0 unspecified atom stereocenters. The van der Waals surface area contributed by atoms with Crippen molar-refractivity contribution in [3.05, 3.63) is 52.2 Å². The second-order valence-corrected chi connectivity index (χ2v) is 7.84. The number of anilines is 1. The zero-order chi connectivity index (χ0) is 16.9. The van der Waals surface area contributed by atoms with Gasteiger partial charge in [0, 0.05) is 24.3 Å². The van der Waals surface area contributed by atoms with Gasteiger partial charge in [-0.15, -0.1) is 0 Å². The Morgan fingerprint density at radius 2 is 2.12 bits per heavy atom. The molecule has 2 N–H and O–H groups in total. The normalized spacial score (nSPS) is 16.8.